The average Bonchev–Trinajstić information content (AvgIpc) is 2.72. The van der Waals surface area contributed by atoms with Gasteiger partial charge in [-0.2, -0.15) is 0 Å². The van der Waals surface area contributed by atoms with Gasteiger partial charge in [0, 0.05) is 5.92 Å². The van der Waals surface area contributed by atoms with Crippen LogP contribution in [0.4, 0.5) is 0 Å². The molecule has 18 heavy (non-hydrogen) atoms. The molecule has 0 radical (unpaired) electrons. The van der Waals surface area contributed by atoms with Crippen LogP contribution in [-0.4, -0.2) is 17.1 Å². The summed E-state index contributed by atoms with van der Waals surface area (Å²) in [6, 6.07) is 14.8. The van der Waals surface area contributed by atoms with Gasteiger partial charge in [0.1, 0.15) is 6.04 Å². The molecule has 2 aromatic carbocycles. The van der Waals surface area contributed by atoms with E-state index in [0.29, 0.717) is 0 Å². The van der Waals surface area contributed by atoms with E-state index in [2.05, 4.69) is 0 Å². The van der Waals surface area contributed by atoms with Crippen LogP contribution in [0.25, 0.3) is 11.1 Å². The van der Waals surface area contributed by atoms with Gasteiger partial charge in [-0.3, -0.25) is 4.79 Å². The lowest BCUT2D eigenvalue weighted by atomic mass is 9.90. The summed E-state index contributed by atoms with van der Waals surface area (Å²) < 4.78 is 0. The summed E-state index contributed by atoms with van der Waals surface area (Å²) in [5.74, 6) is -1.22. The zero-order chi connectivity index (χ0) is 12.7. The molecule has 3 nitrogen and oxygen atoms in total. The first-order valence-electron chi connectivity index (χ1n) is 5.87. The van der Waals surface area contributed by atoms with E-state index in [0.717, 1.165) is 22.3 Å². The Morgan fingerprint density at radius 1 is 1.00 bits per heavy atom. The van der Waals surface area contributed by atoms with E-state index in [-0.39, 0.29) is 5.92 Å². The molecule has 1 aliphatic carbocycles. The highest BCUT2D eigenvalue weighted by Crippen LogP contribution is 2.45. The van der Waals surface area contributed by atoms with E-state index in [1.807, 2.05) is 48.5 Å². The van der Waals surface area contributed by atoms with Gasteiger partial charge >= 0.3 is 5.97 Å². The molecule has 1 atom stereocenters. The molecular weight excluding hydrogens is 226 g/mol. The van der Waals surface area contributed by atoms with Gasteiger partial charge in [0.05, 0.1) is 0 Å². The molecule has 0 saturated carbocycles. The first kappa shape index (κ1) is 11.0. The monoisotopic (exact) mass is 239 g/mol. The van der Waals surface area contributed by atoms with Gasteiger partial charge in [0.15, 0.2) is 0 Å². The Bertz CT molecular complexity index is 576. The number of rotatable bonds is 2. The fourth-order valence-corrected chi connectivity index (χ4v) is 2.72. The Kier molecular flexibility index (Phi) is 2.42. The van der Waals surface area contributed by atoms with Gasteiger partial charge in [-0.25, -0.2) is 0 Å². The minimum absolute atomic E-state index is 0.255. The summed E-state index contributed by atoms with van der Waals surface area (Å²) in [6.45, 7) is 0. The number of carbonyl (C=O) groups is 1. The molecule has 2 aromatic rings. The lowest BCUT2D eigenvalue weighted by Crippen LogP contribution is -2.36. The molecule has 0 fully saturated rings. The van der Waals surface area contributed by atoms with E-state index in [4.69, 9.17) is 10.8 Å². The van der Waals surface area contributed by atoms with E-state index >= 15 is 0 Å². The number of carboxylic acid groups (broad SMARTS) is 1. The molecule has 0 spiro atoms. The molecule has 0 amide bonds. The lowest BCUT2D eigenvalue weighted by molar-refractivity contribution is -0.138. The molecule has 0 saturated heterocycles. The highest BCUT2D eigenvalue weighted by atomic mass is 16.4. The largest absolute Gasteiger partial charge is 0.480 e. The fourth-order valence-electron chi connectivity index (χ4n) is 2.72. The Morgan fingerprint density at radius 2 is 1.44 bits per heavy atom. The van der Waals surface area contributed by atoms with Crippen LogP contribution < -0.4 is 5.73 Å². The molecule has 3 N–H and O–H groups in total. The van der Waals surface area contributed by atoms with E-state index in [9.17, 15) is 4.79 Å². The van der Waals surface area contributed by atoms with Crippen molar-refractivity contribution in [2.24, 2.45) is 5.73 Å². The number of hydrogen-bond acceptors (Lipinski definition) is 2. The summed E-state index contributed by atoms with van der Waals surface area (Å²) in [6.07, 6.45) is 0. The van der Waals surface area contributed by atoms with Crippen molar-refractivity contribution in [1.82, 2.24) is 0 Å². The van der Waals surface area contributed by atoms with Gasteiger partial charge in [0.25, 0.3) is 0 Å². The summed E-state index contributed by atoms with van der Waals surface area (Å²) >= 11 is 0. The summed E-state index contributed by atoms with van der Waals surface area (Å²) in [4.78, 5) is 11.2. The van der Waals surface area contributed by atoms with E-state index in [1.54, 1.807) is 0 Å². The van der Waals surface area contributed by atoms with Crippen LogP contribution in [0.2, 0.25) is 0 Å². The van der Waals surface area contributed by atoms with Gasteiger partial charge in [0.2, 0.25) is 0 Å². The Labute approximate surface area is 105 Å². The van der Waals surface area contributed by atoms with Crippen LogP contribution in [0.1, 0.15) is 17.0 Å². The molecule has 0 unspecified atom stereocenters. The molecule has 90 valence electrons. The first-order chi connectivity index (χ1) is 8.70. The lowest BCUT2D eigenvalue weighted by Gasteiger charge is -2.17. The van der Waals surface area contributed by atoms with Crippen LogP contribution in [0.5, 0.6) is 0 Å². The second-order valence-electron chi connectivity index (χ2n) is 4.52. The van der Waals surface area contributed by atoms with Gasteiger partial charge in [-0.15, -0.1) is 0 Å². The van der Waals surface area contributed by atoms with Gasteiger partial charge in [-0.05, 0) is 22.3 Å². The summed E-state index contributed by atoms with van der Waals surface area (Å²) in [5.41, 5.74) is 10.1. The van der Waals surface area contributed by atoms with Crippen LogP contribution in [0.3, 0.4) is 0 Å². The predicted octanol–water partition coefficient (Wildman–Crippen LogP) is 2.21. The quantitative estimate of drug-likeness (QED) is 0.844. The highest BCUT2D eigenvalue weighted by molar-refractivity contribution is 5.84. The number of carboxylic acids is 1. The van der Waals surface area contributed by atoms with Crippen molar-refractivity contribution in [2.75, 3.05) is 0 Å². The Hall–Kier alpha value is -2.13. The minimum atomic E-state index is -0.966. The summed E-state index contributed by atoms with van der Waals surface area (Å²) in [7, 11) is 0. The Balaban J connectivity index is 2.24. The third kappa shape index (κ3) is 1.45. The van der Waals surface area contributed by atoms with Crippen molar-refractivity contribution in [3.63, 3.8) is 0 Å². The SMILES string of the molecule is N[C@@H](C(=O)O)C1c2ccccc2-c2ccccc21. The number of aliphatic carboxylic acids is 1. The predicted molar refractivity (Wildman–Crippen MR) is 69.3 cm³/mol. The second-order valence-corrected chi connectivity index (χ2v) is 4.52. The van der Waals surface area contributed by atoms with Crippen molar-refractivity contribution in [2.45, 2.75) is 12.0 Å². The number of fused-ring (bicyclic) bond motifs is 3. The maximum atomic E-state index is 11.2. The topological polar surface area (TPSA) is 63.3 Å². The second kappa shape index (κ2) is 3.96. The number of nitrogens with two attached hydrogens (primary N) is 1. The van der Waals surface area contributed by atoms with Crippen LogP contribution in [0.15, 0.2) is 48.5 Å². The molecule has 3 rings (SSSR count). The van der Waals surface area contributed by atoms with Crippen LogP contribution in [0, 0.1) is 0 Å². The third-order valence-electron chi connectivity index (χ3n) is 3.53. The highest BCUT2D eigenvalue weighted by Gasteiger charge is 2.35. The van der Waals surface area contributed by atoms with Crippen LogP contribution in [-0.2, 0) is 4.79 Å². The third-order valence-corrected chi connectivity index (χ3v) is 3.53. The van der Waals surface area contributed by atoms with Crippen LogP contribution >= 0.6 is 0 Å². The van der Waals surface area contributed by atoms with Crippen molar-refractivity contribution in [1.29, 1.82) is 0 Å². The van der Waals surface area contributed by atoms with Gasteiger partial charge in [-0.1, -0.05) is 48.5 Å². The molecule has 0 aromatic heterocycles. The molecule has 0 bridgehead atoms. The molecule has 3 heteroatoms. The van der Waals surface area contributed by atoms with Gasteiger partial charge < -0.3 is 10.8 Å². The smallest absolute Gasteiger partial charge is 0.321 e. The Morgan fingerprint density at radius 3 is 1.89 bits per heavy atom. The average molecular weight is 239 g/mol. The van der Waals surface area contributed by atoms with Crippen molar-refractivity contribution in [3.8, 4) is 11.1 Å². The summed E-state index contributed by atoms with van der Waals surface area (Å²) in [5, 5.41) is 9.17. The van der Waals surface area contributed by atoms with E-state index < -0.39 is 12.0 Å². The maximum Gasteiger partial charge on any atom is 0.321 e. The molecule has 0 heterocycles. The normalized spacial score (nSPS) is 14.9. The van der Waals surface area contributed by atoms with Crippen molar-refractivity contribution >= 4 is 5.97 Å². The first-order valence-corrected chi connectivity index (χ1v) is 5.87. The van der Waals surface area contributed by atoms with Crippen molar-refractivity contribution < 1.29 is 9.90 Å². The number of hydrogen-bond donors (Lipinski definition) is 2. The maximum absolute atomic E-state index is 11.2. The van der Waals surface area contributed by atoms with E-state index in [1.165, 1.54) is 0 Å². The molecule has 0 aliphatic heterocycles. The zero-order valence-electron chi connectivity index (χ0n) is 9.71. The standard InChI is InChI=1S/C15H13NO2/c16-14(15(17)18)13-11-7-3-1-5-9(11)10-6-2-4-8-12(10)13/h1-8,13-14H,16H2,(H,17,18)/t14-/m1/s1. The number of benzene rings is 2. The molecule has 1 aliphatic rings. The molecular formula is C15H13NO2. The fraction of sp³-hybridized carbons (Fsp3) is 0.133. The minimum Gasteiger partial charge on any atom is -0.480 e. The zero-order valence-corrected chi connectivity index (χ0v) is 9.71. The van der Waals surface area contributed by atoms with Crippen molar-refractivity contribution in [3.05, 3.63) is 59.7 Å².